The first-order valence-corrected chi connectivity index (χ1v) is 6.91. The molecule has 22 heavy (non-hydrogen) atoms. The van der Waals surface area contributed by atoms with Crippen molar-refractivity contribution in [2.45, 2.75) is 0 Å². The van der Waals surface area contributed by atoms with Crippen LogP contribution in [0.4, 0.5) is 16.2 Å². The molecule has 0 radical (unpaired) electrons. The van der Waals surface area contributed by atoms with Crippen LogP contribution in [0.2, 0.25) is 5.02 Å². The highest BCUT2D eigenvalue weighted by molar-refractivity contribution is 6.30. The third-order valence-corrected chi connectivity index (χ3v) is 3.21. The van der Waals surface area contributed by atoms with E-state index in [9.17, 15) is 4.79 Å². The van der Waals surface area contributed by atoms with Gasteiger partial charge in [0.1, 0.15) is 0 Å². The summed E-state index contributed by atoms with van der Waals surface area (Å²) in [5.74, 6) is 0.678. The van der Waals surface area contributed by atoms with Crippen LogP contribution < -0.4 is 10.6 Å². The number of carbonyl (C=O) groups is 1. The Balaban J connectivity index is 1.63. The molecule has 2 amide bonds. The summed E-state index contributed by atoms with van der Waals surface area (Å²) in [6.07, 6.45) is 3.01. The van der Waals surface area contributed by atoms with Gasteiger partial charge >= 0.3 is 6.03 Å². The van der Waals surface area contributed by atoms with Gasteiger partial charge in [-0.15, -0.1) is 0 Å². The summed E-state index contributed by atoms with van der Waals surface area (Å²) in [5.41, 5.74) is 2.23. The van der Waals surface area contributed by atoms with Gasteiger partial charge in [-0.05, 0) is 48.5 Å². The number of rotatable bonds is 3. The molecule has 3 aromatic rings. The molecule has 0 atom stereocenters. The number of anilines is 2. The molecule has 3 rings (SSSR count). The van der Waals surface area contributed by atoms with Crippen LogP contribution >= 0.6 is 11.6 Å². The SMILES string of the molecule is O=C(Nc1ccc(Cl)cc1)Nc1ccc(-c2cnco2)cc1. The standard InChI is InChI=1S/C16H12ClN3O2/c17-12-3-7-14(8-4-12)20-16(21)19-13-5-1-11(2-6-13)15-9-18-10-22-15/h1-10H,(H2,19,20,21). The van der Waals surface area contributed by atoms with E-state index in [2.05, 4.69) is 15.6 Å². The molecule has 0 aliphatic heterocycles. The number of oxazole rings is 1. The molecule has 1 aromatic heterocycles. The van der Waals surface area contributed by atoms with E-state index in [0.29, 0.717) is 22.2 Å². The summed E-state index contributed by atoms with van der Waals surface area (Å²) in [6, 6.07) is 13.8. The lowest BCUT2D eigenvalue weighted by Gasteiger charge is -2.08. The Labute approximate surface area is 131 Å². The van der Waals surface area contributed by atoms with E-state index in [4.69, 9.17) is 16.0 Å². The summed E-state index contributed by atoms with van der Waals surface area (Å²) in [6.45, 7) is 0. The average Bonchev–Trinajstić information content (AvgIpc) is 3.05. The number of hydrogen-bond donors (Lipinski definition) is 2. The molecule has 0 bridgehead atoms. The van der Waals surface area contributed by atoms with Gasteiger partial charge in [-0.3, -0.25) is 0 Å². The second kappa shape index (κ2) is 6.32. The zero-order valence-corrected chi connectivity index (χ0v) is 12.2. The van der Waals surface area contributed by atoms with Gasteiger partial charge in [0.2, 0.25) is 0 Å². The topological polar surface area (TPSA) is 67.2 Å². The largest absolute Gasteiger partial charge is 0.444 e. The van der Waals surface area contributed by atoms with E-state index >= 15 is 0 Å². The molecular weight excluding hydrogens is 302 g/mol. The van der Waals surface area contributed by atoms with Crippen LogP contribution in [0.15, 0.2) is 65.5 Å². The van der Waals surface area contributed by atoms with Gasteiger partial charge in [-0.2, -0.15) is 0 Å². The molecular formula is C16H12ClN3O2. The summed E-state index contributed by atoms with van der Waals surface area (Å²) in [5, 5.41) is 6.09. The van der Waals surface area contributed by atoms with Crippen molar-refractivity contribution in [1.82, 2.24) is 4.98 Å². The van der Waals surface area contributed by atoms with Crippen LogP contribution in [-0.2, 0) is 0 Å². The number of amides is 2. The molecule has 0 saturated heterocycles. The quantitative estimate of drug-likeness (QED) is 0.740. The maximum absolute atomic E-state index is 11.9. The molecule has 0 spiro atoms. The van der Waals surface area contributed by atoms with Gasteiger partial charge in [-0.1, -0.05) is 11.6 Å². The lowest BCUT2D eigenvalue weighted by Crippen LogP contribution is -2.19. The molecule has 0 saturated carbocycles. The Morgan fingerprint density at radius 3 is 2.09 bits per heavy atom. The highest BCUT2D eigenvalue weighted by Crippen LogP contribution is 2.21. The minimum Gasteiger partial charge on any atom is -0.444 e. The second-order valence-corrected chi connectivity index (χ2v) is 4.97. The van der Waals surface area contributed by atoms with Crippen LogP contribution in [0.25, 0.3) is 11.3 Å². The van der Waals surface area contributed by atoms with E-state index in [0.717, 1.165) is 5.56 Å². The minimum atomic E-state index is -0.324. The van der Waals surface area contributed by atoms with Crippen molar-refractivity contribution in [2.24, 2.45) is 0 Å². The number of nitrogens with one attached hydrogen (secondary N) is 2. The third-order valence-electron chi connectivity index (χ3n) is 2.96. The monoisotopic (exact) mass is 313 g/mol. The summed E-state index contributed by atoms with van der Waals surface area (Å²) >= 11 is 5.79. The van der Waals surface area contributed by atoms with Crippen LogP contribution in [0.1, 0.15) is 0 Å². The maximum Gasteiger partial charge on any atom is 0.323 e. The first kappa shape index (κ1) is 14.2. The molecule has 110 valence electrons. The number of aromatic nitrogens is 1. The van der Waals surface area contributed by atoms with Gasteiger partial charge in [0.25, 0.3) is 0 Å². The predicted octanol–water partition coefficient (Wildman–Crippen LogP) is 4.64. The molecule has 1 heterocycles. The normalized spacial score (nSPS) is 10.2. The van der Waals surface area contributed by atoms with Crippen molar-refractivity contribution >= 4 is 29.0 Å². The highest BCUT2D eigenvalue weighted by Gasteiger charge is 2.04. The zero-order chi connectivity index (χ0) is 15.4. The van der Waals surface area contributed by atoms with E-state index in [1.165, 1.54) is 6.39 Å². The predicted molar refractivity (Wildman–Crippen MR) is 86.0 cm³/mol. The van der Waals surface area contributed by atoms with E-state index in [1.807, 2.05) is 12.1 Å². The van der Waals surface area contributed by atoms with E-state index in [1.54, 1.807) is 42.6 Å². The fraction of sp³-hybridized carbons (Fsp3) is 0. The van der Waals surface area contributed by atoms with Crippen molar-refractivity contribution < 1.29 is 9.21 Å². The van der Waals surface area contributed by atoms with Crippen molar-refractivity contribution in [3.63, 3.8) is 0 Å². The second-order valence-electron chi connectivity index (χ2n) is 4.53. The number of hydrogen-bond acceptors (Lipinski definition) is 3. The first-order chi connectivity index (χ1) is 10.7. The number of halogens is 1. The summed E-state index contributed by atoms with van der Waals surface area (Å²) < 4.78 is 5.21. The van der Waals surface area contributed by atoms with Crippen LogP contribution in [0.5, 0.6) is 0 Å². The van der Waals surface area contributed by atoms with Crippen LogP contribution in [0, 0.1) is 0 Å². The molecule has 0 unspecified atom stereocenters. The molecule has 6 heteroatoms. The lowest BCUT2D eigenvalue weighted by atomic mass is 10.2. The Hall–Kier alpha value is -2.79. The molecule has 0 fully saturated rings. The molecule has 5 nitrogen and oxygen atoms in total. The van der Waals surface area contributed by atoms with Gasteiger partial charge in [0, 0.05) is 22.0 Å². The third kappa shape index (κ3) is 3.45. The van der Waals surface area contributed by atoms with Gasteiger partial charge in [0.05, 0.1) is 6.20 Å². The number of benzene rings is 2. The van der Waals surface area contributed by atoms with Crippen LogP contribution in [0.3, 0.4) is 0 Å². The molecule has 0 aliphatic rings. The van der Waals surface area contributed by atoms with Crippen molar-refractivity contribution in [2.75, 3.05) is 10.6 Å². The number of urea groups is 1. The Kier molecular flexibility index (Phi) is 4.07. The highest BCUT2D eigenvalue weighted by atomic mass is 35.5. The van der Waals surface area contributed by atoms with Crippen LogP contribution in [-0.4, -0.2) is 11.0 Å². The first-order valence-electron chi connectivity index (χ1n) is 6.53. The van der Waals surface area contributed by atoms with Gasteiger partial charge < -0.3 is 15.1 Å². The van der Waals surface area contributed by atoms with Gasteiger partial charge in [0.15, 0.2) is 12.2 Å². The maximum atomic E-state index is 11.9. The molecule has 2 aromatic carbocycles. The fourth-order valence-electron chi connectivity index (χ4n) is 1.90. The Bertz CT molecular complexity index is 753. The molecule has 2 N–H and O–H groups in total. The van der Waals surface area contributed by atoms with E-state index < -0.39 is 0 Å². The van der Waals surface area contributed by atoms with Crippen molar-refractivity contribution in [3.05, 3.63) is 66.1 Å². The number of carbonyl (C=O) groups excluding carboxylic acids is 1. The van der Waals surface area contributed by atoms with Gasteiger partial charge in [-0.25, -0.2) is 9.78 Å². The van der Waals surface area contributed by atoms with Crippen molar-refractivity contribution in [1.29, 1.82) is 0 Å². The summed E-state index contributed by atoms with van der Waals surface area (Å²) in [4.78, 5) is 15.8. The van der Waals surface area contributed by atoms with Crippen molar-refractivity contribution in [3.8, 4) is 11.3 Å². The zero-order valence-electron chi connectivity index (χ0n) is 11.4. The lowest BCUT2D eigenvalue weighted by molar-refractivity contribution is 0.262. The summed E-state index contributed by atoms with van der Waals surface area (Å²) in [7, 11) is 0. The Morgan fingerprint density at radius 2 is 1.55 bits per heavy atom. The fourth-order valence-corrected chi connectivity index (χ4v) is 2.03. The minimum absolute atomic E-state index is 0.324. The van der Waals surface area contributed by atoms with E-state index in [-0.39, 0.29) is 6.03 Å². The Morgan fingerprint density at radius 1 is 0.955 bits per heavy atom. The average molecular weight is 314 g/mol. The molecule has 0 aliphatic carbocycles. The smallest absolute Gasteiger partial charge is 0.323 e. The number of nitrogens with zero attached hydrogens (tertiary/aromatic N) is 1.